The molecule has 6 heteroatoms. The molecule has 0 unspecified atom stereocenters. The molecule has 0 atom stereocenters. The molecule has 0 bridgehead atoms. The van der Waals surface area contributed by atoms with Crippen molar-refractivity contribution in [2.75, 3.05) is 7.11 Å². The fraction of sp³-hybridized carbons (Fsp3) is 0.0556. The molecule has 118 valence electrons. The number of imidazole rings is 1. The van der Waals surface area contributed by atoms with E-state index in [1.54, 1.807) is 36.4 Å². The van der Waals surface area contributed by atoms with Gasteiger partial charge in [-0.25, -0.2) is 9.78 Å². The van der Waals surface area contributed by atoms with Crippen LogP contribution in [0.5, 0.6) is 0 Å². The predicted molar refractivity (Wildman–Crippen MR) is 88.0 cm³/mol. The number of esters is 1. The lowest BCUT2D eigenvalue weighted by Gasteiger charge is -1.99. The van der Waals surface area contributed by atoms with Gasteiger partial charge in [0.25, 0.3) is 0 Å². The number of fused-ring (bicyclic) bond motifs is 1. The molecular formula is C18H13N3O3. The minimum Gasteiger partial charge on any atom is -0.507 e. The molecule has 1 aromatic heterocycles. The van der Waals surface area contributed by atoms with Crippen LogP contribution in [0.4, 0.5) is 0 Å². The number of nitrogens with one attached hydrogen (secondary N) is 1. The van der Waals surface area contributed by atoms with Crippen LogP contribution in [0.25, 0.3) is 22.4 Å². The summed E-state index contributed by atoms with van der Waals surface area (Å²) in [4.78, 5) is 18.7. The molecule has 24 heavy (non-hydrogen) atoms. The number of nitriles is 1. The Morgan fingerprint density at radius 2 is 2.00 bits per heavy atom. The maximum Gasteiger partial charge on any atom is 0.352 e. The number of hydrogen-bond donors (Lipinski definition) is 2. The van der Waals surface area contributed by atoms with Gasteiger partial charge in [-0.05, 0) is 18.2 Å². The maximum absolute atomic E-state index is 11.6. The van der Waals surface area contributed by atoms with Crippen LogP contribution in [0.1, 0.15) is 5.56 Å². The van der Waals surface area contributed by atoms with Gasteiger partial charge in [0.15, 0.2) is 11.1 Å². The van der Waals surface area contributed by atoms with Crippen molar-refractivity contribution in [2.45, 2.75) is 0 Å². The summed E-state index contributed by atoms with van der Waals surface area (Å²) in [5, 5.41) is 20.1. The van der Waals surface area contributed by atoms with Crippen LogP contribution in [-0.2, 0) is 9.53 Å². The molecule has 3 rings (SSSR count). The molecule has 0 radical (unpaired) electrons. The van der Waals surface area contributed by atoms with Gasteiger partial charge < -0.3 is 14.8 Å². The Morgan fingerprint density at radius 3 is 2.67 bits per heavy atom. The Balaban J connectivity index is 2.23. The number of carbonyl (C=O) groups is 1. The number of methoxy groups -OCH3 is 1. The zero-order valence-electron chi connectivity index (χ0n) is 12.8. The van der Waals surface area contributed by atoms with Crippen LogP contribution in [0.15, 0.2) is 48.5 Å². The summed E-state index contributed by atoms with van der Waals surface area (Å²) in [6.45, 7) is 0. The number of H-pyrrole nitrogens is 1. The molecule has 3 aromatic rings. The molecule has 0 saturated heterocycles. The topological polar surface area (TPSA) is 99.0 Å². The van der Waals surface area contributed by atoms with Gasteiger partial charge >= 0.3 is 5.97 Å². The molecule has 1 heterocycles. The molecular weight excluding hydrogens is 306 g/mol. The third-order valence-electron chi connectivity index (χ3n) is 3.54. The zero-order chi connectivity index (χ0) is 17.1. The molecule has 0 saturated carbocycles. The van der Waals surface area contributed by atoms with E-state index in [1.807, 2.05) is 18.2 Å². The lowest BCUT2D eigenvalue weighted by Crippen LogP contribution is -2.17. The highest BCUT2D eigenvalue weighted by Crippen LogP contribution is 2.09. The van der Waals surface area contributed by atoms with Gasteiger partial charge in [0.2, 0.25) is 0 Å². The SMILES string of the molecule is COC(=O)/C(C#N)=c1\nc2cc/c(=C(/O)c3ccccc3)cc2[nH]1. The second kappa shape index (κ2) is 6.26. The van der Waals surface area contributed by atoms with Crippen molar-refractivity contribution < 1.29 is 14.6 Å². The van der Waals surface area contributed by atoms with E-state index in [-0.39, 0.29) is 16.8 Å². The lowest BCUT2D eigenvalue weighted by atomic mass is 10.1. The fourth-order valence-electron chi connectivity index (χ4n) is 2.34. The average Bonchev–Trinajstić information content (AvgIpc) is 3.04. The summed E-state index contributed by atoms with van der Waals surface area (Å²) >= 11 is 0. The van der Waals surface area contributed by atoms with Crippen LogP contribution < -0.4 is 10.7 Å². The van der Waals surface area contributed by atoms with Crippen molar-refractivity contribution in [3.05, 3.63) is 64.8 Å². The van der Waals surface area contributed by atoms with Gasteiger partial charge in [-0.15, -0.1) is 0 Å². The van der Waals surface area contributed by atoms with E-state index in [0.29, 0.717) is 21.8 Å². The summed E-state index contributed by atoms with van der Waals surface area (Å²) in [5.41, 5.74) is 1.80. The largest absolute Gasteiger partial charge is 0.507 e. The molecule has 0 spiro atoms. The molecule has 0 aliphatic rings. The number of rotatable bonds is 2. The van der Waals surface area contributed by atoms with E-state index in [0.717, 1.165) is 0 Å². The molecule has 2 N–H and O–H groups in total. The molecule has 0 fully saturated rings. The first-order valence-corrected chi connectivity index (χ1v) is 7.11. The van der Waals surface area contributed by atoms with E-state index < -0.39 is 5.97 Å². The summed E-state index contributed by atoms with van der Waals surface area (Å²) in [6, 6.07) is 16.1. The number of benzene rings is 2. The van der Waals surface area contributed by atoms with Crippen LogP contribution in [0.2, 0.25) is 0 Å². The number of aliphatic hydroxyl groups is 1. The molecule has 0 aliphatic carbocycles. The number of aliphatic hydroxyl groups excluding tert-OH is 1. The number of aromatic amines is 1. The average molecular weight is 319 g/mol. The molecule has 2 aromatic carbocycles. The monoisotopic (exact) mass is 319 g/mol. The van der Waals surface area contributed by atoms with Crippen LogP contribution >= 0.6 is 0 Å². The van der Waals surface area contributed by atoms with Crippen molar-refractivity contribution in [3.63, 3.8) is 0 Å². The number of hydrogen-bond acceptors (Lipinski definition) is 5. The number of ether oxygens (including phenoxy) is 1. The van der Waals surface area contributed by atoms with E-state index >= 15 is 0 Å². The number of carbonyl (C=O) groups excluding carboxylic acids is 1. The van der Waals surface area contributed by atoms with E-state index in [4.69, 9.17) is 5.26 Å². The standard InChI is InChI=1S/C18H13N3O3/c1-24-18(23)13(10-19)17-20-14-8-7-12(9-15(14)21-17)16(22)11-5-3-2-4-6-11/h2-9,21-22H,1H3/b16-12-,17-13+. The predicted octanol–water partition coefficient (Wildman–Crippen LogP) is 1.12. The summed E-state index contributed by atoms with van der Waals surface area (Å²) in [5.74, 6) is -0.624. The highest BCUT2D eigenvalue weighted by Gasteiger charge is 2.12. The third-order valence-corrected chi connectivity index (χ3v) is 3.54. The van der Waals surface area contributed by atoms with Crippen molar-refractivity contribution in [1.82, 2.24) is 9.97 Å². The van der Waals surface area contributed by atoms with Crippen molar-refractivity contribution in [2.24, 2.45) is 0 Å². The first-order valence-electron chi connectivity index (χ1n) is 7.11. The van der Waals surface area contributed by atoms with Gasteiger partial charge in [0, 0.05) is 10.8 Å². The third kappa shape index (κ3) is 2.71. The van der Waals surface area contributed by atoms with Crippen LogP contribution in [-0.4, -0.2) is 28.2 Å². The summed E-state index contributed by atoms with van der Waals surface area (Å²) in [6.07, 6.45) is 0. The number of aromatic nitrogens is 2. The van der Waals surface area contributed by atoms with Crippen LogP contribution in [0.3, 0.4) is 0 Å². The van der Waals surface area contributed by atoms with Crippen molar-refractivity contribution in [3.8, 4) is 6.07 Å². The van der Waals surface area contributed by atoms with Gasteiger partial charge in [-0.2, -0.15) is 5.26 Å². The first kappa shape index (κ1) is 15.3. The molecule has 0 amide bonds. The minimum atomic E-state index is -0.754. The van der Waals surface area contributed by atoms with Crippen molar-refractivity contribution >= 4 is 28.3 Å². The van der Waals surface area contributed by atoms with E-state index in [9.17, 15) is 9.90 Å². The first-order chi connectivity index (χ1) is 11.6. The minimum absolute atomic E-state index is 0.131. The second-order valence-electron chi connectivity index (χ2n) is 5.01. The van der Waals surface area contributed by atoms with Gasteiger partial charge in [0.1, 0.15) is 11.8 Å². The highest BCUT2D eigenvalue weighted by atomic mass is 16.5. The lowest BCUT2D eigenvalue weighted by molar-refractivity contribution is -0.133. The van der Waals surface area contributed by atoms with Gasteiger partial charge in [-0.1, -0.05) is 30.3 Å². The molecule has 6 nitrogen and oxygen atoms in total. The van der Waals surface area contributed by atoms with Crippen molar-refractivity contribution in [1.29, 1.82) is 5.26 Å². The zero-order valence-corrected chi connectivity index (χ0v) is 12.8. The van der Waals surface area contributed by atoms with Gasteiger partial charge in [-0.3, -0.25) is 0 Å². The number of nitrogens with zero attached hydrogens (tertiary/aromatic N) is 2. The Kier molecular flexibility index (Phi) is 4.00. The normalized spacial score (nSPS) is 13.2. The fourth-order valence-corrected chi connectivity index (χ4v) is 2.34. The Bertz CT molecular complexity index is 1080. The quantitative estimate of drug-likeness (QED) is 0.690. The van der Waals surface area contributed by atoms with E-state index in [1.165, 1.54) is 7.11 Å². The summed E-state index contributed by atoms with van der Waals surface area (Å²) in [7, 11) is 1.20. The van der Waals surface area contributed by atoms with Gasteiger partial charge in [0.05, 0.1) is 18.1 Å². The highest BCUT2D eigenvalue weighted by molar-refractivity contribution is 6.15. The Labute approximate surface area is 137 Å². The summed E-state index contributed by atoms with van der Waals surface area (Å²) < 4.78 is 4.57. The second-order valence-corrected chi connectivity index (χ2v) is 5.01. The maximum atomic E-state index is 11.6. The van der Waals surface area contributed by atoms with E-state index in [2.05, 4.69) is 14.7 Å². The molecule has 0 aliphatic heterocycles. The smallest absolute Gasteiger partial charge is 0.352 e. The van der Waals surface area contributed by atoms with Crippen LogP contribution in [0, 0.1) is 11.3 Å². The Hall–Kier alpha value is -3.59. The Morgan fingerprint density at radius 1 is 1.25 bits per heavy atom.